The van der Waals surface area contributed by atoms with Gasteiger partial charge in [-0.3, -0.25) is 4.79 Å². The van der Waals surface area contributed by atoms with Gasteiger partial charge in [0.1, 0.15) is 0 Å². The molecule has 0 heterocycles. The van der Waals surface area contributed by atoms with Gasteiger partial charge in [0.15, 0.2) is 0 Å². The smallest absolute Gasteiger partial charge is 0.340 e. The highest BCUT2D eigenvalue weighted by molar-refractivity contribution is 6.01. The van der Waals surface area contributed by atoms with Gasteiger partial charge in [0.05, 0.1) is 17.9 Å². The van der Waals surface area contributed by atoms with E-state index >= 15 is 0 Å². The van der Waals surface area contributed by atoms with Crippen molar-refractivity contribution in [2.45, 2.75) is 19.3 Å². The first-order valence-electron chi connectivity index (χ1n) is 9.35. The van der Waals surface area contributed by atoms with Gasteiger partial charge in [-0.25, -0.2) is 4.79 Å². The summed E-state index contributed by atoms with van der Waals surface area (Å²) in [5.41, 5.74) is 2.96. The van der Waals surface area contributed by atoms with E-state index in [1.54, 1.807) is 31.2 Å². The molecule has 0 bridgehead atoms. The second-order valence-electron chi connectivity index (χ2n) is 6.39. The Balaban J connectivity index is 1.81. The van der Waals surface area contributed by atoms with Gasteiger partial charge in [-0.05, 0) is 30.2 Å². The van der Waals surface area contributed by atoms with Crippen molar-refractivity contribution in [1.29, 1.82) is 0 Å². The number of anilines is 1. The van der Waals surface area contributed by atoms with Crippen LogP contribution in [0.15, 0.2) is 84.9 Å². The average Bonchev–Trinajstić information content (AvgIpc) is 2.74. The second kappa shape index (κ2) is 9.51. The minimum Gasteiger partial charge on any atom is -0.462 e. The van der Waals surface area contributed by atoms with Crippen molar-refractivity contribution in [2.75, 3.05) is 11.9 Å². The number of amides is 1. The lowest BCUT2D eigenvalue weighted by Crippen LogP contribution is -2.18. The Morgan fingerprint density at radius 1 is 0.821 bits per heavy atom. The van der Waals surface area contributed by atoms with E-state index in [9.17, 15) is 9.59 Å². The Kier molecular flexibility index (Phi) is 6.58. The maximum atomic E-state index is 12.8. The van der Waals surface area contributed by atoms with Gasteiger partial charge in [-0.1, -0.05) is 72.8 Å². The summed E-state index contributed by atoms with van der Waals surface area (Å²) in [6, 6.07) is 26.8. The molecule has 4 heteroatoms. The first-order valence-corrected chi connectivity index (χ1v) is 9.35. The number of nitrogens with one attached hydrogen (secondary N) is 1. The standard InChI is InChI=1S/C24H23NO3/c1-2-28-24(27)20-15-9-10-16-22(20)25-23(26)17-21(18-11-5-3-6-12-18)19-13-7-4-8-14-19/h3-16,21H,2,17H2,1H3,(H,25,26). The number of hydrogen-bond donors (Lipinski definition) is 1. The molecule has 0 aliphatic rings. The Morgan fingerprint density at radius 2 is 1.36 bits per heavy atom. The lowest BCUT2D eigenvalue weighted by atomic mass is 9.88. The minimum atomic E-state index is -0.443. The summed E-state index contributed by atoms with van der Waals surface area (Å²) in [5, 5.41) is 2.88. The summed E-state index contributed by atoms with van der Waals surface area (Å²) in [5.74, 6) is -0.673. The van der Waals surface area contributed by atoms with Gasteiger partial charge in [-0.15, -0.1) is 0 Å². The quantitative estimate of drug-likeness (QED) is 0.591. The molecule has 142 valence electrons. The highest BCUT2D eigenvalue weighted by Gasteiger charge is 2.20. The first kappa shape index (κ1) is 19.4. The molecule has 1 amide bonds. The third kappa shape index (κ3) is 4.86. The second-order valence-corrected chi connectivity index (χ2v) is 6.39. The van der Waals surface area contributed by atoms with Gasteiger partial charge in [0, 0.05) is 12.3 Å². The van der Waals surface area contributed by atoms with Crippen molar-refractivity contribution >= 4 is 17.6 Å². The SMILES string of the molecule is CCOC(=O)c1ccccc1NC(=O)CC(c1ccccc1)c1ccccc1. The molecule has 4 nitrogen and oxygen atoms in total. The number of carbonyl (C=O) groups is 2. The topological polar surface area (TPSA) is 55.4 Å². The van der Waals surface area contributed by atoms with Gasteiger partial charge < -0.3 is 10.1 Å². The third-order valence-corrected chi connectivity index (χ3v) is 4.49. The summed E-state index contributed by atoms with van der Waals surface area (Å²) in [7, 11) is 0. The number of ether oxygens (including phenoxy) is 1. The highest BCUT2D eigenvalue weighted by atomic mass is 16.5. The summed E-state index contributed by atoms with van der Waals surface area (Å²) >= 11 is 0. The van der Waals surface area contributed by atoms with Gasteiger partial charge >= 0.3 is 5.97 Å². The van der Waals surface area contributed by atoms with Crippen LogP contribution in [-0.4, -0.2) is 18.5 Å². The Hall–Kier alpha value is -3.40. The van der Waals surface area contributed by atoms with Crippen LogP contribution in [0.1, 0.15) is 40.7 Å². The fraction of sp³-hybridized carbons (Fsp3) is 0.167. The van der Waals surface area contributed by atoms with Crippen molar-refractivity contribution in [3.63, 3.8) is 0 Å². The predicted molar refractivity (Wildman–Crippen MR) is 110 cm³/mol. The monoisotopic (exact) mass is 373 g/mol. The molecule has 0 saturated heterocycles. The first-order chi connectivity index (χ1) is 13.7. The van der Waals surface area contributed by atoms with E-state index in [1.165, 1.54) is 0 Å². The van der Waals surface area contributed by atoms with E-state index < -0.39 is 5.97 Å². The van der Waals surface area contributed by atoms with Crippen molar-refractivity contribution < 1.29 is 14.3 Å². The molecule has 3 aromatic rings. The van der Waals surface area contributed by atoms with Gasteiger partial charge in [-0.2, -0.15) is 0 Å². The van der Waals surface area contributed by atoms with Crippen LogP contribution in [0.3, 0.4) is 0 Å². The minimum absolute atomic E-state index is 0.0721. The maximum absolute atomic E-state index is 12.8. The van der Waals surface area contributed by atoms with Crippen molar-refractivity contribution in [2.24, 2.45) is 0 Å². The molecule has 0 aliphatic carbocycles. The van der Waals surface area contributed by atoms with Crippen molar-refractivity contribution in [1.82, 2.24) is 0 Å². The molecular formula is C24H23NO3. The molecule has 0 fully saturated rings. The van der Waals surface area contributed by atoms with Crippen LogP contribution < -0.4 is 5.32 Å². The molecule has 0 unspecified atom stereocenters. The Morgan fingerprint density at radius 3 is 1.93 bits per heavy atom. The summed E-state index contributed by atoms with van der Waals surface area (Å²) in [4.78, 5) is 25.0. The number of benzene rings is 3. The van der Waals surface area contributed by atoms with Crippen LogP contribution >= 0.6 is 0 Å². The van der Waals surface area contributed by atoms with Crippen LogP contribution in [0.5, 0.6) is 0 Å². The molecule has 0 atom stereocenters. The fourth-order valence-electron chi connectivity index (χ4n) is 3.16. The highest BCUT2D eigenvalue weighted by Crippen LogP contribution is 2.28. The Labute approximate surface area is 165 Å². The average molecular weight is 373 g/mol. The molecule has 3 aromatic carbocycles. The molecule has 0 saturated carbocycles. The molecule has 28 heavy (non-hydrogen) atoms. The van der Waals surface area contributed by atoms with Crippen LogP contribution in [-0.2, 0) is 9.53 Å². The zero-order valence-electron chi connectivity index (χ0n) is 15.8. The van der Waals surface area contributed by atoms with Crippen molar-refractivity contribution in [3.05, 3.63) is 102 Å². The lowest BCUT2D eigenvalue weighted by molar-refractivity contribution is -0.116. The Bertz CT molecular complexity index is 883. The summed E-state index contributed by atoms with van der Waals surface area (Å²) < 4.78 is 5.08. The van der Waals surface area contributed by atoms with Gasteiger partial charge in [0.25, 0.3) is 0 Å². The van der Waals surface area contributed by atoms with E-state index in [4.69, 9.17) is 4.74 Å². The molecular weight excluding hydrogens is 350 g/mol. The fourth-order valence-corrected chi connectivity index (χ4v) is 3.16. The van der Waals surface area contributed by atoms with Gasteiger partial charge in [0.2, 0.25) is 5.91 Å². The number of esters is 1. The molecule has 3 rings (SSSR count). The van der Waals surface area contributed by atoms with Crippen LogP contribution in [0, 0.1) is 0 Å². The van der Waals surface area contributed by atoms with E-state index in [0.717, 1.165) is 11.1 Å². The van der Waals surface area contributed by atoms with Crippen LogP contribution in [0.25, 0.3) is 0 Å². The zero-order chi connectivity index (χ0) is 19.8. The summed E-state index contributed by atoms with van der Waals surface area (Å²) in [6.45, 7) is 2.04. The largest absolute Gasteiger partial charge is 0.462 e. The number of hydrogen-bond acceptors (Lipinski definition) is 3. The summed E-state index contributed by atoms with van der Waals surface area (Å²) in [6.07, 6.45) is 0.269. The molecule has 0 aromatic heterocycles. The molecule has 1 N–H and O–H groups in total. The molecule has 0 aliphatic heterocycles. The zero-order valence-corrected chi connectivity index (χ0v) is 15.8. The number of carbonyl (C=O) groups excluding carboxylic acids is 2. The third-order valence-electron chi connectivity index (χ3n) is 4.49. The number of rotatable bonds is 7. The maximum Gasteiger partial charge on any atom is 0.340 e. The lowest BCUT2D eigenvalue weighted by Gasteiger charge is -2.18. The molecule has 0 radical (unpaired) electrons. The van der Waals surface area contributed by atoms with E-state index in [2.05, 4.69) is 5.32 Å². The number of para-hydroxylation sites is 1. The van der Waals surface area contributed by atoms with Crippen LogP contribution in [0.4, 0.5) is 5.69 Å². The normalized spacial score (nSPS) is 10.5. The van der Waals surface area contributed by atoms with E-state index in [-0.39, 0.29) is 24.9 Å². The van der Waals surface area contributed by atoms with E-state index in [0.29, 0.717) is 11.3 Å². The predicted octanol–water partition coefficient (Wildman–Crippen LogP) is 5.02. The van der Waals surface area contributed by atoms with Crippen LogP contribution in [0.2, 0.25) is 0 Å². The molecule has 0 spiro atoms. The van der Waals surface area contributed by atoms with E-state index in [1.807, 2.05) is 60.7 Å². The van der Waals surface area contributed by atoms with Crippen molar-refractivity contribution in [3.8, 4) is 0 Å².